The minimum atomic E-state index is -5.85. The molecule has 4 rings (SSSR count). The van der Waals surface area contributed by atoms with E-state index < -0.39 is 26.2 Å². The summed E-state index contributed by atoms with van der Waals surface area (Å²) in [6.45, 7) is 0. The topological polar surface area (TPSA) is 46.2 Å². The molecule has 0 saturated carbocycles. The van der Waals surface area contributed by atoms with Crippen LogP contribution in [0.2, 0.25) is 0 Å². The van der Waals surface area contributed by atoms with Crippen molar-refractivity contribution in [3.63, 3.8) is 0 Å². The molecule has 0 atom stereocenters. The quantitative estimate of drug-likeness (QED) is 0.475. The van der Waals surface area contributed by atoms with Gasteiger partial charge in [0.1, 0.15) is 0 Å². The Morgan fingerprint density at radius 2 is 0.926 bits per heavy atom. The second-order valence-corrected chi connectivity index (χ2v) is 8.00. The zero-order chi connectivity index (χ0) is 19.5. The first-order valence-electron chi connectivity index (χ1n) is 7.33. The number of rotatable bonds is 2. The Morgan fingerprint density at radius 1 is 0.630 bits per heavy atom. The van der Waals surface area contributed by atoms with Crippen molar-refractivity contribution >= 4 is 7.74 Å². The van der Waals surface area contributed by atoms with Crippen molar-refractivity contribution in [3.05, 3.63) is 48.5 Å². The molecule has 0 unspecified atom stereocenters. The van der Waals surface area contributed by atoms with Crippen LogP contribution in [0.25, 0.3) is 0 Å². The second-order valence-electron chi connectivity index (χ2n) is 5.57. The van der Waals surface area contributed by atoms with Crippen LogP contribution in [0, 0.1) is 0 Å². The van der Waals surface area contributed by atoms with Crippen LogP contribution in [-0.4, -0.2) is 18.5 Å². The summed E-state index contributed by atoms with van der Waals surface area (Å²) in [5.74, 6) is -0.700. The molecule has 2 aromatic rings. The number of para-hydroxylation sites is 4. The van der Waals surface area contributed by atoms with E-state index in [1.807, 2.05) is 0 Å². The third-order valence-corrected chi connectivity index (χ3v) is 6.09. The Kier molecular flexibility index (Phi) is 3.55. The predicted molar refractivity (Wildman–Crippen MR) is 79.3 cm³/mol. The standard InChI is InChI=1S/C15H9F6O5P/c16-14(17,18)13(15(19,20)21)26-27(22-9-5-1-2-6-10(9)23-27)24-11-7-3-4-8-12(11)25-27/h1-8,13H. The Labute approximate surface area is 147 Å². The Bertz CT molecular complexity index is 772. The van der Waals surface area contributed by atoms with E-state index >= 15 is 0 Å². The van der Waals surface area contributed by atoms with Crippen molar-refractivity contribution in [2.75, 3.05) is 0 Å². The van der Waals surface area contributed by atoms with Crippen LogP contribution >= 0.6 is 7.74 Å². The molecule has 0 bridgehead atoms. The molecule has 2 aromatic carbocycles. The van der Waals surface area contributed by atoms with Crippen molar-refractivity contribution in [1.29, 1.82) is 0 Å². The minimum absolute atomic E-state index is 0.175. The van der Waals surface area contributed by atoms with Crippen molar-refractivity contribution in [3.8, 4) is 23.0 Å². The molecule has 0 saturated heterocycles. The van der Waals surface area contributed by atoms with Gasteiger partial charge in [0.25, 0.3) is 0 Å². The first-order valence-corrected chi connectivity index (χ1v) is 9.16. The van der Waals surface area contributed by atoms with Crippen LogP contribution in [0.15, 0.2) is 48.5 Å². The average Bonchev–Trinajstić information content (AvgIpc) is 3.05. The number of halogens is 6. The van der Waals surface area contributed by atoms with Crippen LogP contribution in [0.5, 0.6) is 23.0 Å². The normalized spacial score (nSPS) is 20.5. The zero-order valence-electron chi connectivity index (χ0n) is 13.0. The van der Waals surface area contributed by atoms with Gasteiger partial charge in [0.2, 0.25) is 0 Å². The summed E-state index contributed by atoms with van der Waals surface area (Å²) in [5, 5.41) is 0. The summed E-state index contributed by atoms with van der Waals surface area (Å²) in [4.78, 5) is 0. The van der Waals surface area contributed by atoms with Crippen molar-refractivity contribution in [1.82, 2.24) is 0 Å². The summed E-state index contributed by atoms with van der Waals surface area (Å²) in [7, 11) is -5.85. The summed E-state index contributed by atoms with van der Waals surface area (Å²) in [6.07, 6.45) is -15.9. The van der Waals surface area contributed by atoms with E-state index in [1.165, 1.54) is 48.5 Å². The van der Waals surface area contributed by atoms with Gasteiger partial charge in [-0.25, -0.2) is 0 Å². The van der Waals surface area contributed by atoms with Gasteiger partial charge in [0.05, 0.1) is 0 Å². The summed E-state index contributed by atoms with van der Waals surface area (Å²) in [5.41, 5.74) is 0. The maximum atomic E-state index is 13.1. The number of alkyl halides is 6. The van der Waals surface area contributed by atoms with Gasteiger partial charge in [-0.05, 0) is 0 Å². The van der Waals surface area contributed by atoms with E-state index in [4.69, 9.17) is 18.1 Å². The molecule has 0 radical (unpaired) electrons. The predicted octanol–water partition coefficient (Wildman–Crippen LogP) is 5.57. The fourth-order valence-electron chi connectivity index (χ4n) is 2.52. The number of hydrogen-bond acceptors (Lipinski definition) is 5. The fraction of sp³-hybridized carbons (Fsp3) is 0.200. The second kappa shape index (κ2) is 5.32. The van der Waals surface area contributed by atoms with Crippen molar-refractivity contribution < 1.29 is 49.0 Å². The van der Waals surface area contributed by atoms with Gasteiger partial charge in [-0.2, -0.15) is 0 Å². The molecule has 1 spiro atoms. The molecule has 146 valence electrons. The number of fused-ring (bicyclic) bond motifs is 2. The average molecular weight is 414 g/mol. The van der Waals surface area contributed by atoms with E-state index in [2.05, 4.69) is 4.52 Å². The van der Waals surface area contributed by atoms with Crippen LogP contribution in [-0.2, 0) is 4.52 Å². The zero-order valence-corrected chi connectivity index (χ0v) is 13.8. The molecule has 12 heteroatoms. The molecule has 0 N–H and O–H groups in total. The molecular formula is C15H9F6O5P. The van der Waals surface area contributed by atoms with E-state index in [9.17, 15) is 26.3 Å². The van der Waals surface area contributed by atoms with Crippen LogP contribution < -0.4 is 18.1 Å². The summed E-state index contributed by atoms with van der Waals surface area (Å²) < 4.78 is 104. The molecule has 27 heavy (non-hydrogen) atoms. The van der Waals surface area contributed by atoms with E-state index in [-0.39, 0.29) is 23.0 Å². The first-order chi connectivity index (χ1) is 12.5. The third kappa shape index (κ3) is 2.90. The van der Waals surface area contributed by atoms with Gasteiger partial charge in [0.15, 0.2) is 0 Å². The molecule has 5 nitrogen and oxygen atoms in total. The van der Waals surface area contributed by atoms with Crippen LogP contribution in [0.1, 0.15) is 0 Å². The van der Waals surface area contributed by atoms with Crippen LogP contribution in [0.4, 0.5) is 26.3 Å². The van der Waals surface area contributed by atoms with Crippen LogP contribution in [0.3, 0.4) is 0 Å². The maximum absolute atomic E-state index is 13.1. The molecule has 2 aliphatic rings. The van der Waals surface area contributed by atoms with Crippen molar-refractivity contribution in [2.24, 2.45) is 0 Å². The summed E-state index contributed by atoms with van der Waals surface area (Å²) in [6, 6.07) is 10.8. The number of hydrogen-bond donors (Lipinski definition) is 0. The number of benzene rings is 2. The first kappa shape index (κ1) is 18.0. The van der Waals surface area contributed by atoms with Gasteiger partial charge in [-0.15, -0.1) is 0 Å². The van der Waals surface area contributed by atoms with Gasteiger partial charge >= 0.3 is 147 Å². The monoisotopic (exact) mass is 414 g/mol. The van der Waals surface area contributed by atoms with E-state index in [0.29, 0.717) is 0 Å². The van der Waals surface area contributed by atoms with Crippen molar-refractivity contribution in [2.45, 2.75) is 18.5 Å². The van der Waals surface area contributed by atoms with Gasteiger partial charge in [-0.3, -0.25) is 0 Å². The van der Waals surface area contributed by atoms with Gasteiger partial charge in [-0.1, -0.05) is 0 Å². The molecular weight excluding hydrogens is 405 g/mol. The van der Waals surface area contributed by atoms with Gasteiger partial charge < -0.3 is 0 Å². The van der Waals surface area contributed by atoms with Gasteiger partial charge in [0, 0.05) is 0 Å². The van der Waals surface area contributed by atoms with E-state index in [1.54, 1.807) is 0 Å². The van der Waals surface area contributed by atoms with E-state index in [0.717, 1.165) is 0 Å². The third-order valence-electron chi connectivity index (χ3n) is 3.56. The molecule has 2 aliphatic heterocycles. The molecule has 0 aliphatic carbocycles. The molecule has 0 fully saturated rings. The Hall–Kier alpha value is -2.39. The Balaban J connectivity index is 1.83. The Morgan fingerprint density at radius 3 is 1.19 bits per heavy atom. The molecule has 2 heterocycles. The molecule has 0 amide bonds. The summed E-state index contributed by atoms with van der Waals surface area (Å²) >= 11 is 0. The molecule has 0 aromatic heterocycles. The fourth-order valence-corrected chi connectivity index (χ4v) is 5.39. The SMILES string of the molecule is FC(F)(F)C(OP12(Oc3ccccc3O1)Oc1ccccc1O2)C(F)(F)F.